The Hall–Kier alpha value is 0.392. The van der Waals surface area contributed by atoms with Crippen LogP contribution in [0.5, 0.6) is 0 Å². The number of carbonyl (C=O) groups excluding carboxylic acids is 1. The summed E-state index contributed by atoms with van der Waals surface area (Å²) in [5.74, 6) is -0.0427. The summed E-state index contributed by atoms with van der Waals surface area (Å²) in [7, 11) is 0. The van der Waals surface area contributed by atoms with Crippen LogP contribution in [0.15, 0.2) is 0 Å². The molecule has 76 valence electrons. The van der Waals surface area contributed by atoms with Gasteiger partial charge in [0, 0.05) is 0 Å². The number of hydrogen-bond donors (Lipinski definition) is 0. The van der Waals surface area contributed by atoms with Crippen molar-refractivity contribution in [2.45, 2.75) is 54.4 Å². The van der Waals surface area contributed by atoms with Crippen molar-refractivity contribution in [2.75, 3.05) is 0 Å². The fraction of sp³-hybridized carbons (Fsp3) is 0.900. The molecule has 0 aromatic heterocycles. The third-order valence-electron chi connectivity index (χ3n) is 2.09. The van der Waals surface area contributed by atoms with E-state index in [2.05, 4.69) is 13.8 Å². The van der Waals surface area contributed by atoms with Gasteiger partial charge in [0.1, 0.15) is 0 Å². The molecule has 0 unspecified atom stereocenters. The molecule has 0 amide bonds. The van der Waals surface area contributed by atoms with Crippen LogP contribution in [-0.4, -0.2) is 29.1 Å². The van der Waals surface area contributed by atoms with E-state index < -0.39 is 23.2 Å². The fourth-order valence-electron chi connectivity index (χ4n) is 1.36. The van der Waals surface area contributed by atoms with Gasteiger partial charge in [0.25, 0.3) is 0 Å². The fourth-order valence-corrected chi connectivity index (χ4v) is 11.9. The average molecular weight is 378 g/mol. The van der Waals surface area contributed by atoms with Crippen molar-refractivity contribution in [3.05, 3.63) is 0 Å². The molecule has 13 heavy (non-hydrogen) atoms. The Balaban J connectivity index is 3.66. The predicted octanol–water partition coefficient (Wildman–Crippen LogP) is 3.14. The monoisotopic (exact) mass is 378 g/mol. The topological polar surface area (TPSA) is 26.3 Å². The number of unbranched alkanes of at least 4 members (excludes halogenated alkanes) is 2. The number of rotatable bonds is 7. The van der Waals surface area contributed by atoms with Crippen LogP contribution in [0, 0.1) is 0 Å². The molecule has 0 rings (SSSR count). The molecule has 0 saturated carbocycles. The minimum atomic E-state index is -1.98. The summed E-state index contributed by atoms with van der Waals surface area (Å²) in [4.78, 5) is 10.8. The molecular weight excluding hydrogens is 356 g/mol. The van der Waals surface area contributed by atoms with E-state index >= 15 is 0 Å². The van der Waals surface area contributed by atoms with Crippen molar-refractivity contribution in [3.63, 3.8) is 0 Å². The van der Waals surface area contributed by atoms with Crippen LogP contribution in [0.4, 0.5) is 0 Å². The molecule has 3 heteroatoms. The minimum absolute atomic E-state index is 0.0427. The zero-order valence-electron chi connectivity index (χ0n) is 9.14. The Kier molecular flexibility index (Phi) is 9.24. The molecule has 0 aliphatic heterocycles. The maximum atomic E-state index is 10.8. The van der Waals surface area contributed by atoms with Crippen LogP contribution in [0.3, 0.4) is 0 Å². The van der Waals surface area contributed by atoms with E-state index in [9.17, 15) is 4.79 Å². The van der Waals surface area contributed by atoms with Crippen molar-refractivity contribution in [1.29, 1.82) is 0 Å². The standard InChI is InChI=1S/2C4H9.C2H4O2.Tl/c2*1-3-4-2;1-2(3)4;/h2*1,3-4H2,2H3;1H3,(H,3,4);/q;;;+1/p-1. The summed E-state index contributed by atoms with van der Waals surface area (Å²) >= 11 is -1.98. The zero-order chi connectivity index (χ0) is 10.1. The van der Waals surface area contributed by atoms with Gasteiger partial charge in [0.15, 0.2) is 0 Å². The van der Waals surface area contributed by atoms with Gasteiger partial charge in [-0.05, 0) is 0 Å². The third kappa shape index (κ3) is 8.71. The summed E-state index contributed by atoms with van der Waals surface area (Å²) in [6.07, 6.45) is 4.96. The Morgan fingerprint density at radius 2 is 1.62 bits per heavy atom. The van der Waals surface area contributed by atoms with Crippen LogP contribution in [0.25, 0.3) is 0 Å². The van der Waals surface area contributed by atoms with Crippen LogP contribution >= 0.6 is 0 Å². The summed E-state index contributed by atoms with van der Waals surface area (Å²) in [5, 5.41) is 0. The van der Waals surface area contributed by atoms with Gasteiger partial charge in [-0.2, -0.15) is 0 Å². The summed E-state index contributed by atoms with van der Waals surface area (Å²) in [6.45, 7) is 5.93. The molecule has 0 aromatic carbocycles. The molecule has 0 aliphatic carbocycles. The van der Waals surface area contributed by atoms with E-state index in [1.54, 1.807) is 6.92 Å². The molecule has 0 aliphatic rings. The van der Waals surface area contributed by atoms with Gasteiger partial charge in [0.2, 0.25) is 0 Å². The van der Waals surface area contributed by atoms with Gasteiger partial charge in [-0.15, -0.1) is 0 Å². The summed E-state index contributed by atoms with van der Waals surface area (Å²) in [6, 6.07) is 0. The molecule has 0 radical (unpaired) electrons. The molecule has 0 fully saturated rings. The Labute approximate surface area is 90.8 Å². The molecule has 0 heterocycles. The van der Waals surface area contributed by atoms with E-state index in [1.165, 1.54) is 33.6 Å². The third-order valence-corrected chi connectivity index (χ3v) is 12.9. The SMILES string of the molecule is CCC[CH2][Tl]([CH2]CCC)[O]C(C)=O. The Morgan fingerprint density at radius 1 is 1.15 bits per heavy atom. The quantitative estimate of drug-likeness (QED) is 0.637. The Bertz CT molecular complexity index is 129. The number of hydrogen-bond acceptors (Lipinski definition) is 2. The molecule has 0 bridgehead atoms. The first-order valence-corrected chi connectivity index (χ1v) is 13.6. The molecular formula is C10H21O2Tl. The van der Waals surface area contributed by atoms with Gasteiger partial charge in [0.05, 0.1) is 0 Å². The average Bonchev–Trinajstić information content (AvgIpc) is 2.09. The van der Waals surface area contributed by atoms with Gasteiger partial charge in [-0.25, -0.2) is 0 Å². The van der Waals surface area contributed by atoms with E-state index in [1.807, 2.05) is 0 Å². The number of carbonyl (C=O) groups is 1. The first-order chi connectivity index (χ1) is 6.20. The molecule has 0 spiro atoms. The van der Waals surface area contributed by atoms with E-state index in [-0.39, 0.29) is 5.97 Å². The van der Waals surface area contributed by atoms with Crippen LogP contribution < -0.4 is 0 Å². The van der Waals surface area contributed by atoms with E-state index in [0.29, 0.717) is 0 Å². The van der Waals surface area contributed by atoms with Crippen LogP contribution in [0.2, 0.25) is 7.96 Å². The van der Waals surface area contributed by atoms with E-state index in [4.69, 9.17) is 2.69 Å². The molecule has 2 nitrogen and oxygen atoms in total. The first-order valence-electron chi connectivity index (χ1n) is 5.37. The predicted molar refractivity (Wildman–Crippen MR) is 57.0 cm³/mol. The maximum absolute atomic E-state index is 10.8. The van der Waals surface area contributed by atoms with Crippen LogP contribution in [-0.2, 0) is 7.48 Å². The second-order valence-corrected chi connectivity index (χ2v) is 13.8. The van der Waals surface area contributed by atoms with Crippen LogP contribution in [0.1, 0.15) is 46.5 Å². The molecule has 0 atom stereocenters. The van der Waals surface area contributed by atoms with Gasteiger partial charge in [-0.1, -0.05) is 0 Å². The van der Waals surface area contributed by atoms with Crippen molar-refractivity contribution in [2.24, 2.45) is 0 Å². The van der Waals surface area contributed by atoms with Crippen molar-refractivity contribution >= 4 is 29.1 Å². The second-order valence-electron chi connectivity index (χ2n) is 3.52. The zero-order valence-corrected chi connectivity index (χ0v) is 13.6. The van der Waals surface area contributed by atoms with Crippen molar-refractivity contribution < 1.29 is 7.48 Å². The van der Waals surface area contributed by atoms with Gasteiger partial charge < -0.3 is 0 Å². The normalized spacial score (nSPS) is 9.77. The summed E-state index contributed by atoms with van der Waals surface area (Å²) in [5.41, 5.74) is 0. The van der Waals surface area contributed by atoms with E-state index in [0.717, 1.165) is 0 Å². The van der Waals surface area contributed by atoms with Crippen molar-refractivity contribution in [1.82, 2.24) is 0 Å². The second kappa shape index (κ2) is 8.97. The van der Waals surface area contributed by atoms with Crippen molar-refractivity contribution in [3.8, 4) is 0 Å². The molecule has 0 aromatic rings. The first kappa shape index (κ1) is 13.4. The molecule has 0 saturated heterocycles. The molecule has 0 N–H and O–H groups in total. The Morgan fingerprint density at radius 3 is 1.92 bits per heavy atom. The van der Waals surface area contributed by atoms with Gasteiger partial charge >= 0.3 is 91.0 Å². The summed E-state index contributed by atoms with van der Waals surface area (Å²) < 4.78 is 7.93. The van der Waals surface area contributed by atoms with Gasteiger partial charge in [-0.3, -0.25) is 0 Å².